The molecule has 2 saturated carbocycles. The maximum absolute atomic E-state index is 6.02. The first kappa shape index (κ1) is 14.7. The van der Waals surface area contributed by atoms with Gasteiger partial charge in [0.15, 0.2) is 0 Å². The van der Waals surface area contributed by atoms with E-state index in [2.05, 4.69) is 43.4 Å². The van der Waals surface area contributed by atoms with Gasteiger partial charge in [-0.1, -0.05) is 13.8 Å². The standard InChI is InChI=1S/C19H29NO/c1-19(2)13-11-16(12-14-19)20-15-7-9-18(10-8-15)21-17-5-3-4-6-17/h7-10,16-17,20H,3-6,11-14H2,1-2H3. The van der Waals surface area contributed by atoms with Crippen LogP contribution < -0.4 is 10.1 Å². The average Bonchev–Trinajstić information content (AvgIpc) is 2.96. The van der Waals surface area contributed by atoms with E-state index in [0.29, 0.717) is 17.6 Å². The molecular formula is C19H29NO. The summed E-state index contributed by atoms with van der Waals surface area (Å²) in [6.07, 6.45) is 10.8. The summed E-state index contributed by atoms with van der Waals surface area (Å²) in [7, 11) is 0. The SMILES string of the molecule is CC1(C)CCC(Nc2ccc(OC3CCCC3)cc2)CC1. The number of benzene rings is 1. The van der Waals surface area contributed by atoms with Crippen molar-refractivity contribution in [1.29, 1.82) is 0 Å². The first-order valence-electron chi connectivity index (χ1n) is 8.64. The molecule has 21 heavy (non-hydrogen) atoms. The van der Waals surface area contributed by atoms with E-state index in [0.717, 1.165) is 5.75 Å². The van der Waals surface area contributed by atoms with Crippen LogP contribution in [-0.2, 0) is 0 Å². The highest BCUT2D eigenvalue weighted by Gasteiger charge is 2.26. The van der Waals surface area contributed by atoms with Crippen molar-refractivity contribution in [3.8, 4) is 5.75 Å². The second kappa shape index (κ2) is 6.29. The van der Waals surface area contributed by atoms with Crippen LogP contribution in [-0.4, -0.2) is 12.1 Å². The minimum Gasteiger partial charge on any atom is -0.490 e. The lowest BCUT2D eigenvalue weighted by atomic mass is 9.75. The largest absolute Gasteiger partial charge is 0.490 e. The highest BCUT2D eigenvalue weighted by Crippen LogP contribution is 2.36. The summed E-state index contributed by atoms with van der Waals surface area (Å²) in [6.45, 7) is 4.77. The van der Waals surface area contributed by atoms with E-state index in [1.54, 1.807) is 0 Å². The molecule has 1 aromatic rings. The monoisotopic (exact) mass is 287 g/mol. The molecule has 0 saturated heterocycles. The van der Waals surface area contributed by atoms with Gasteiger partial charge in [-0.2, -0.15) is 0 Å². The summed E-state index contributed by atoms with van der Waals surface area (Å²) in [5, 5.41) is 3.68. The van der Waals surface area contributed by atoms with E-state index in [4.69, 9.17) is 4.74 Å². The van der Waals surface area contributed by atoms with E-state index >= 15 is 0 Å². The lowest BCUT2D eigenvalue weighted by Crippen LogP contribution is -2.29. The normalized spacial score (nSPS) is 23.1. The molecule has 0 bridgehead atoms. The van der Waals surface area contributed by atoms with Gasteiger partial charge in [-0.25, -0.2) is 0 Å². The molecule has 1 N–H and O–H groups in total. The highest BCUT2D eigenvalue weighted by atomic mass is 16.5. The molecule has 0 spiro atoms. The van der Waals surface area contributed by atoms with Gasteiger partial charge in [-0.05, 0) is 81.0 Å². The second-order valence-corrected chi connectivity index (χ2v) is 7.63. The molecule has 2 nitrogen and oxygen atoms in total. The molecule has 3 rings (SSSR count). The van der Waals surface area contributed by atoms with Crippen LogP contribution in [0.2, 0.25) is 0 Å². The molecule has 1 aromatic carbocycles. The Kier molecular flexibility index (Phi) is 4.42. The quantitative estimate of drug-likeness (QED) is 0.801. The summed E-state index contributed by atoms with van der Waals surface area (Å²) < 4.78 is 6.02. The van der Waals surface area contributed by atoms with Crippen LogP contribution in [0.1, 0.15) is 65.2 Å². The summed E-state index contributed by atoms with van der Waals surface area (Å²) >= 11 is 0. The first-order chi connectivity index (χ1) is 10.1. The van der Waals surface area contributed by atoms with Crippen molar-refractivity contribution in [2.45, 2.75) is 77.4 Å². The molecule has 2 aliphatic carbocycles. The van der Waals surface area contributed by atoms with Gasteiger partial charge in [0.1, 0.15) is 5.75 Å². The molecule has 116 valence electrons. The number of nitrogens with one attached hydrogen (secondary N) is 1. The topological polar surface area (TPSA) is 21.3 Å². The van der Waals surface area contributed by atoms with E-state index in [-0.39, 0.29) is 0 Å². The fourth-order valence-electron chi connectivity index (χ4n) is 3.61. The summed E-state index contributed by atoms with van der Waals surface area (Å²) in [4.78, 5) is 0. The molecule has 2 fully saturated rings. The Morgan fingerprint density at radius 1 is 0.952 bits per heavy atom. The smallest absolute Gasteiger partial charge is 0.119 e. The second-order valence-electron chi connectivity index (χ2n) is 7.63. The van der Waals surface area contributed by atoms with Crippen molar-refractivity contribution in [3.05, 3.63) is 24.3 Å². The van der Waals surface area contributed by atoms with Crippen molar-refractivity contribution >= 4 is 5.69 Å². The van der Waals surface area contributed by atoms with Crippen LogP contribution in [0, 0.1) is 5.41 Å². The Balaban J connectivity index is 1.50. The zero-order chi connectivity index (χ0) is 14.7. The predicted molar refractivity (Wildman–Crippen MR) is 89.0 cm³/mol. The maximum atomic E-state index is 6.02. The molecule has 2 aliphatic rings. The van der Waals surface area contributed by atoms with Crippen LogP contribution in [0.25, 0.3) is 0 Å². The van der Waals surface area contributed by atoms with E-state index < -0.39 is 0 Å². The molecular weight excluding hydrogens is 258 g/mol. The number of ether oxygens (including phenoxy) is 1. The lowest BCUT2D eigenvalue weighted by Gasteiger charge is -2.35. The summed E-state index contributed by atoms with van der Waals surface area (Å²) in [5.74, 6) is 1.03. The Labute approximate surface area is 129 Å². The molecule has 0 aromatic heterocycles. The Hall–Kier alpha value is -1.18. The van der Waals surface area contributed by atoms with Crippen molar-refractivity contribution in [1.82, 2.24) is 0 Å². The van der Waals surface area contributed by atoms with E-state index in [1.807, 2.05) is 0 Å². The Bertz CT molecular complexity index is 435. The minimum absolute atomic E-state index is 0.449. The molecule has 0 radical (unpaired) electrons. The number of hydrogen-bond acceptors (Lipinski definition) is 2. The van der Waals surface area contributed by atoms with Gasteiger partial charge in [0.2, 0.25) is 0 Å². The summed E-state index contributed by atoms with van der Waals surface area (Å²) in [6, 6.07) is 9.22. The zero-order valence-corrected chi connectivity index (χ0v) is 13.5. The molecule has 0 unspecified atom stereocenters. The number of anilines is 1. The summed E-state index contributed by atoms with van der Waals surface area (Å²) in [5.41, 5.74) is 1.77. The zero-order valence-electron chi connectivity index (χ0n) is 13.5. The third-order valence-electron chi connectivity index (χ3n) is 5.17. The highest BCUT2D eigenvalue weighted by molar-refractivity contribution is 5.47. The molecule has 2 heteroatoms. The number of hydrogen-bond donors (Lipinski definition) is 1. The van der Waals surface area contributed by atoms with Gasteiger partial charge in [-0.15, -0.1) is 0 Å². The third-order valence-corrected chi connectivity index (χ3v) is 5.17. The van der Waals surface area contributed by atoms with Crippen molar-refractivity contribution in [2.24, 2.45) is 5.41 Å². The fourth-order valence-corrected chi connectivity index (χ4v) is 3.61. The minimum atomic E-state index is 0.449. The molecule has 0 heterocycles. The van der Waals surface area contributed by atoms with E-state index in [9.17, 15) is 0 Å². The van der Waals surface area contributed by atoms with Gasteiger partial charge in [-0.3, -0.25) is 0 Å². The van der Waals surface area contributed by atoms with Gasteiger partial charge in [0, 0.05) is 11.7 Å². The fraction of sp³-hybridized carbons (Fsp3) is 0.684. The van der Waals surface area contributed by atoms with Gasteiger partial charge in [0.25, 0.3) is 0 Å². The van der Waals surface area contributed by atoms with Crippen molar-refractivity contribution in [2.75, 3.05) is 5.32 Å². The predicted octanol–water partition coefficient (Wildman–Crippen LogP) is 5.39. The van der Waals surface area contributed by atoms with Crippen LogP contribution >= 0.6 is 0 Å². The van der Waals surface area contributed by atoms with Gasteiger partial charge in [0.05, 0.1) is 6.10 Å². The Morgan fingerprint density at radius 2 is 1.57 bits per heavy atom. The lowest BCUT2D eigenvalue weighted by molar-refractivity contribution is 0.210. The number of rotatable bonds is 4. The Morgan fingerprint density at radius 3 is 2.19 bits per heavy atom. The van der Waals surface area contributed by atoms with Gasteiger partial charge < -0.3 is 10.1 Å². The van der Waals surface area contributed by atoms with Crippen LogP contribution in [0.5, 0.6) is 5.75 Å². The average molecular weight is 287 g/mol. The van der Waals surface area contributed by atoms with Gasteiger partial charge >= 0.3 is 0 Å². The molecule has 0 amide bonds. The van der Waals surface area contributed by atoms with Crippen LogP contribution in [0.3, 0.4) is 0 Å². The first-order valence-corrected chi connectivity index (χ1v) is 8.64. The van der Waals surface area contributed by atoms with Crippen molar-refractivity contribution < 1.29 is 4.74 Å². The van der Waals surface area contributed by atoms with Crippen LogP contribution in [0.15, 0.2) is 24.3 Å². The maximum Gasteiger partial charge on any atom is 0.119 e. The van der Waals surface area contributed by atoms with E-state index in [1.165, 1.54) is 57.1 Å². The molecule has 0 atom stereocenters. The van der Waals surface area contributed by atoms with Crippen molar-refractivity contribution in [3.63, 3.8) is 0 Å². The molecule has 0 aliphatic heterocycles. The van der Waals surface area contributed by atoms with Crippen LogP contribution in [0.4, 0.5) is 5.69 Å². The third kappa shape index (κ3) is 4.15.